The number of rotatable bonds is 9. The smallest absolute Gasteiger partial charge is 0.287 e. The van der Waals surface area contributed by atoms with Crippen LogP contribution in [0.4, 0.5) is 0 Å². The number of carbonyl (C=O) groups excluding carboxylic acids is 3. The molecule has 12 heteroatoms. The molecule has 1 fully saturated rings. The molecule has 40 heavy (non-hydrogen) atoms. The first-order chi connectivity index (χ1) is 19.0. The van der Waals surface area contributed by atoms with Gasteiger partial charge >= 0.3 is 0 Å². The SMILES string of the molecule is COc1ccc2oc(C(=O)NC(CC(C)C)C(=O)NC3CCCN(S(=O)(=O)c4ccc(Cl)cc4)CC3=O)cc2c1. The van der Waals surface area contributed by atoms with Crippen LogP contribution in [0.1, 0.15) is 43.7 Å². The van der Waals surface area contributed by atoms with Crippen molar-refractivity contribution in [3.05, 3.63) is 59.3 Å². The molecule has 2 N–H and O–H groups in total. The largest absolute Gasteiger partial charge is 0.497 e. The van der Waals surface area contributed by atoms with Crippen LogP contribution in [0.3, 0.4) is 0 Å². The molecule has 10 nitrogen and oxygen atoms in total. The Hall–Kier alpha value is -3.41. The number of halogens is 1. The van der Waals surface area contributed by atoms with Crippen molar-refractivity contribution in [2.45, 2.75) is 50.1 Å². The number of ketones is 1. The maximum Gasteiger partial charge on any atom is 0.287 e. The fraction of sp³-hybridized carbons (Fsp3) is 0.393. The van der Waals surface area contributed by atoms with Crippen molar-refractivity contribution in [3.63, 3.8) is 0 Å². The van der Waals surface area contributed by atoms with Crippen molar-refractivity contribution in [1.29, 1.82) is 0 Å². The van der Waals surface area contributed by atoms with E-state index >= 15 is 0 Å². The molecule has 0 saturated carbocycles. The summed E-state index contributed by atoms with van der Waals surface area (Å²) in [4.78, 5) is 39.4. The molecule has 1 aromatic heterocycles. The predicted molar refractivity (Wildman–Crippen MR) is 150 cm³/mol. The number of methoxy groups -OCH3 is 1. The molecule has 1 aliphatic rings. The lowest BCUT2D eigenvalue weighted by atomic mass is 10.0. The minimum atomic E-state index is -3.92. The standard InChI is InChI=1S/C28H32ClN3O7S/c1-17(2)13-23(31-28(35)26-15-18-14-20(38-3)8-11-25(18)39-26)27(34)30-22-5-4-12-32(16-24(22)33)40(36,37)21-9-6-19(29)7-10-21/h6-11,14-15,17,22-23H,4-5,12-13,16H2,1-3H3,(H,30,34)(H,31,35). The van der Waals surface area contributed by atoms with Gasteiger partial charge < -0.3 is 19.8 Å². The minimum absolute atomic E-state index is 0.0379. The number of sulfonamides is 1. The topological polar surface area (TPSA) is 135 Å². The van der Waals surface area contributed by atoms with E-state index in [-0.39, 0.29) is 36.1 Å². The molecule has 2 atom stereocenters. The average Bonchev–Trinajstić information content (AvgIpc) is 3.25. The quantitative estimate of drug-likeness (QED) is 0.388. The van der Waals surface area contributed by atoms with Crippen molar-refractivity contribution in [3.8, 4) is 5.75 Å². The molecule has 0 spiro atoms. The van der Waals surface area contributed by atoms with E-state index in [2.05, 4.69) is 10.6 Å². The summed E-state index contributed by atoms with van der Waals surface area (Å²) in [6, 6.07) is 10.6. The Kier molecular flexibility index (Phi) is 9.17. The maximum absolute atomic E-state index is 13.3. The summed E-state index contributed by atoms with van der Waals surface area (Å²) in [5.74, 6) is -0.802. The molecule has 1 saturated heterocycles. The molecule has 2 heterocycles. The number of ether oxygens (including phenoxy) is 1. The number of benzene rings is 2. The highest BCUT2D eigenvalue weighted by atomic mass is 35.5. The van der Waals surface area contributed by atoms with E-state index in [1.54, 1.807) is 31.4 Å². The van der Waals surface area contributed by atoms with Crippen LogP contribution < -0.4 is 15.4 Å². The number of nitrogens with one attached hydrogen (secondary N) is 2. The van der Waals surface area contributed by atoms with Gasteiger partial charge in [0.2, 0.25) is 15.9 Å². The molecule has 2 aromatic carbocycles. The summed E-state index contributed by atoms with van der Waals surface area (Å²) >= 11 is 5.88. The van der Waals surface area contributed by atoms with Crippen molar-refractivity contribution >= 4 is 50.2 Å². The first kappa shape index (κ1) is 29.6. The Morgan fingerprint density at radius 2 is 1.88 bits per heavy atom. The van der Waals surface area contributed by atoms with E-state index in [4.69, 9.17) is 20.8 Å². The molecular weight excluding hydrogens is 558 g/mol. The zero-order chi connectivity index (χ0) is 29.0. The molecule has 214 valence electrons. The van der Waals surface area contributed by atoms with Crippen LogP contribution >= 0.6 is 11.6 Å². The predicted octanol–water partition coefficient (Wildman–Crippen LogP) is 3.78. The number of furan rings is 1. The van der Waals surface area contributed by atoms with Gasteiger partial charge in [-0.15, -0.1) is 0 Å². The van der Waals surface area contributed by atoms with E-state index in [0.29, 0.717) is 34.6 Å². The summed E-state index contributed by atoms with van der Waals surface area (Å²) in [7, 11) is -2.37. The van der Waals surface area contributed by atoms with Gasteiger partial charge in [-0.3, -0.25) is 14.4 Å². The molecule has 1 aliphatic heterocycles. The van der Waals surface area contributed by atoms with Crippen molar-refractivity contribution in [2.75, 3.05) is 20.2 Å². The Bertz CT molecular complexity index is 1500. The normalized spacial score (nSPS) is 17.4. The lowest BCUT2D eigenvalue weighted by Crippen LogP contribution is -2.52. The first-order valence-electron chi connectivity index (χ1n) is 12.9. The van der Waals surface area contributed by atoms with Crippen molar-refractivity contribution in [1.82, 2.24) is 14.9 Å². The van der Waals surface area contributed by atoms with Crippen molar-refractivity contribution < 1.29 is 32.0 Å². The van der Waals surface area contributed by atoms with E-state index < -0.39 is 39.7 Å². The van der Waals surface area contributed by atoms with E-state index in [0.717, 1.165) is 4.31 Å². The van der Waals surface area contributed by atoms with Crippen LogP contribution in [0.2, 0.25) is 5.02 Å². The fourth-order valence-corrected chi connectivity index (χ4v) is 6.15. The van der Waals surface area contributed by atoms with Crippen molar-refractivity contribution in [2.24, 2.45) is 5.92 Å². The lowest BCUT2D eigenvalue weighted by Gasteiger charge is -2.23. The summed E-state index contributed by atoms with van der Waals surface area (Å²) in [6.45, 7) is 3.58. The second kappa shape index (κ2) is 12.4. The van der Waals surface area contributed by atoms with Gasteiger partial charge in [0.05, 0.1) is 24.6 Å². The summed E-state index contributed by atoms with van der Waals surface area (Å²) < 4.78 is 38.2. The number of Topliss-reactive ketones (excluding diaryl/α,β-unsaturated/α-hetero) is 1. The van der Waals surface area contributed by atoms with Crippen LogP contribution in [0, 0.1) is 5.92 Å². The number of hydrogen-bond acceptors (Lipinski definition) is 7. The number of carbonyl (C=O) groups is 3. The maximum atomic E-state index is 13.3. The highest BCUT2D eigenvalue weighted by Crippen LogP contribution is 2.25. The molecule has 2 amide bonds. The van der Waals surface area contributed by atoms with Gasteiger partial charge in [0, 0.05) is 17.0 Å². The second-order valence-corrected chi connectivity index (χ2v) is 12.5. The van der Waals surface area contributed by atoms with Crippen LogP contribution in [-0.2, 0) is 19.6 Å². The molecule has 0 radical (unpaired) electrons. The first-order valence-corrected chi connectivity index (χ1v) is 14.8. The highest BCUT2D eigenvalue weighted by molar-refractivity contribution is 7.89. The summed E-state index contributed by atoms with van der Waals surface area (Å²) in [5, 5.41) is 6.55. The van der Waals surface area contributed by atoms with Gasteiger partial charge in [0.1, 0.15) is 17.4 Å². The summed E-state index contributed by atoms with van der Waals surface area (Å²) in [6.07, 6.45) is 0.960. The molecule has 0 bridgehead atoms. The molecule has 0 aliphatic carbocycles. The Balaban J connectivity index is 1.44. The highest BCUT2D eigenvalue weighted by Gasteiger charge is 2.34. The van der Waals surface area contributed by atoms with Gasteiger partial charge in [0.15, 0.2) is 11.5 Å². The van der Waals surface area contributed by atoms with Gasteiger partial charge in [-0.1, -0.05) is 25.4 Å². The second-order valence-electron chi connectivity index (χ2n) is 10.1. The van der Waals surface area contributed by atoms with E-state index in [9.17, 15) is 22.8 Å². The van der Waals surface area contributed by atoms with Crippen LogP contribution in [-0.4, -0.2) is 62.6 Å². The Morgan fingerprint density at radius 1 is 1.15 bits per heavy atom. The van der Waals surface area contributed by atoms with Crippen LogP contribution in [0.5, 0.6) is 5.75 Å². The van der Waals surface area contributed by atoms with Crippen LogP contribution in [0.25, 0.3) is 11.0 Å². The molecule has 4 rings (SSSR count). The third-order valence-electron chi connectivity index (χ3n) is 6.67. The molecule has 3 aromatic rings. The Labute approximate surface area is 238 Å². The Morgan fingerprint density at radius 3 is 2.55 bits per heavy atom. The average molecular weight is 590 g/mol. The summed E-state index contributed by atoms with van der Waals surface area (Å²) in [5.41, 5.74) is 0.498. The number of amides is 2. The zero-order valence-corrected chi connectivity index (χ0v) is 24.0. The third-order valence-corrected chi connectivity index (χ3v) is 8.78. The fourth-order valence-electron chi connectivity index (χ4n) is 4.57. The number of nitrogens with zero attached hydrogens (tertiary/aromatic N) is 1. The molecular formula is C28H32ClN3O7S. The van der Waals surface area contributed by atoms with E-state index in [1.807, 2.05) is 13.8 Å². The van der Waals surface area contributed by atoms with Gasteiger partial charge in [-0.2, -0.15) is 4.31 Å². The number of fused-ring (bicyclic) bond motifs is 1. The zero-order valence-electron chi connectivity index (χ0n) is 22.5. The van der Waals surface area contributed by atoms with Gasteiger partial charge in [-0.05, 0) is 73.7 Å². The molecule has 2 unspecified atom stereocenters. The van der Waals surface area contributed by atoms with E-state index in [1.165, 1.54) is 24.3 Å². The van der Waals surface area contributed by atoms with Gasteiger partial charge in [0.25, 0.3) is 5.91 Å². The van der Waals surface area contributed by atoms with Crippen LogP contribution in [0.15, 0.2) is 57.8 Å². The minimum Gasteiger partial charge on any atom is -0.497 e. The monoisotopic (exact) mass is 589 g/mol. The lowest BCUT2D eigenvalue weighted by molar-refractivity contribution is -0.129. The number of hydrogen-bond donors (Lipinski definition) is 2. The van der Waals surface area contributed by atoms with Gasteiger partial charge in [-0.25, -0.2) is 8.42 Å². The third kappa shape index (κ3) is 6.83.